The second-order valence-electron chi connectivity index (χ2n) is 4.78. The molecule has 0 aliphatic carbocycles. The highest BCUT2D eigenvalue weighted by atomic mass is 15.1. The Bertz CT molecular complexity index is 304. The van der Waals surface area contributed by atoms with Crippen LogP contribution in [0.3, 0.4) is 0 Å². The molecule has 0 unspecified atom stereocenters. The van der Waals surface area contributed by atoms with Gasteiger partial charge in [-0.15, -0.1) is 0 Å². The summed E-state index contributed by atoms with van der Waals surface area (Å²) in [4.78, 5) is 8.41. The van der Waals surface area contributed by atoms with E-state index < -0.39 is 0 Å². The summed E-state index contributed by atoms with van der Waals surface area (Å²) in [6.45, 7) is 7.60. The van der Waals surface area contributed by atoms with Gasteiger partial charge in [0.2, 0.25) is 0 Å². The van der Waals surface area contributed by atoms with Crippen molar-refractivity contribution in [3.05, 3.63) is 12.4 Å². The van der Waals surface area contributed by atoms with Crippen LogP contribution in [-0.2, 0) is 0 Å². The summed E-state index contributed by atoms with van der Waals surface area (Å²) >= 11 is 0. The minimum absolute atomic E-state index is 0.348. The highest BCUT2D eigenvalue weighted by Gasteiger charge is 2.09. The molecule has 2 N–H and O–H groups in total. The highest BCUT2D eigenvalue weighted by Crippen LogP contribution is 2.18. The van der Waals surface area contributed by atoms with Crippen LogP contribution in [0, 0.1) is 5.41 Å². The molecule has 0 aromatic carbocycles. The second-order valence-corrected chi connectivity index (χ2v) is 4.78. The summed E-state index contributed by atoms with van der Waals surface area (Å²) in [6.07, 6.45) is 4.55. The minimum Gasteiger partial charge on any atom is -0.372 e. The summed E-state index contributed by atoms with van der Waals surface area (Å²) < 4.78 is 0. The molecule has 1 aromatic rings. The lowest BCUT2D eigenvalue weighted by Crippen LogP contribution is -2.13. The molecule has 0 bridgehead atoms. The molecule has 84 valence electrons. The summed E-state index contributed by atoms with van der Waals surface area (Å²) in [6, 6.07) is 0. The first-order valence-corrected chi connectivity index (χ1v) is 5.25. The van der Waals surface area contributed by atoms with Crippen LogP contribution in [0.2, 0.25) is 0 Å². The van der Waals surface area contributed by atoms with E-state index in [1.54, 1.807) is 12.4 Å². The van der Waals surface area contributed by atoms with E-state index in [1.807, 2.05) is 7.05 Å². The quantitative estimate of drug-likeness (QED) is 0.797. The van der Waals surface area contributed by atoms with E-state index in [4.69, 9.17) is 0 Å². The molecular weight excluding hydrogens is 188 g/mol. The first-order chi connectivity index (χ1) is 7.01. The topological polar surface area (TPSA) is 49.8 Å². The van der Waals surface area contributed by atoms with Crippen molar-refractivity contribution in [2.75, 3.05) is 24.2 Å². The molecule has 0 atom stereocenters. The molecule has 1 heterocycles. The van der Waals surface area contributed by atoms with Crippen LogP contribution in [-0.4, -0.2) is 23.6 Å². The lowest BCUT2D eigenvalue weighted by molar-refractivity contribution is 0.389. The molecule has 0 fully saturated rings. The maximum atomic E-state index is 4.33. The van der Waals surface area contributed by atoms with Crippen molar-refractivity contribution in [1.29, 1.82) is 0 Å². The summed E-state index contributed by atoms with van der Waals surface area (Å²) in [5.74, 6) is 1.61. The van der Waals surface area contributed by atoms with Crippen LogP contribution in [0.1, 0.15) is 27.2 Å². The number of anilines is 2. The number of hydrogen-bond donors (Lipinski definition) is 2. The summed E-state index contributed by atoms with van der Waals surface area (Å²) in [5, 5.41) is 6.22. The molecule has 0 saturated heterocycles. The van der Waals surface area contributed by atoms with E-state index in [9.17, 15) is 0 Å². The first kappa shape index (κ1) is 11.8. The van der Waals surface area contributed by atoms with Crippen molar-refractivity contribution in [3.63, 3.8) is 0 Å². The van der Waals surface area contributed by atoms with Crippen molar-refractivity contribution in [3.8, 4) is 0 Å². The van der Waals surface area contributed by atoms with E-state index in [-0.39, 0.29) is 0 Å². The zero-order valence-electron chi connectivity index (χ0n) is 9.96. The van der Waals surface area contributed by atoms with Gasteiger partial charge in [-0.3, -0.25) is 4.98 Å². The van der Waals surface area contributed by atoms with E-state index in [0.717, 1.165) is 24.6 Å². The summed E-state index contributed by atoms with van der Waals surface area (Å²) in [7, 11) is 1.84. The minimum atomic E-state index is 0.348. The predicted molar refractivity (Wildman–Crippen MR) is 64.1 cm³/mol. The molecule has 4 nitrogen and oxygen atoms in total. The third-order valence-corrected chi connectivity index (χ3v) is 2.07. The SMILES string of the molecule is CNc1cncc(NCCC(C)(C)C)n1. The Kier molecular flexibility index (Phi) is 3.88. The third kappa shape index (κ3) is 4.63. The lowest BCUT2D eigenvalue weighted by atomic mass is 9.92. The van der Waals surface area contributed by atoms with E-state index in [0.29, 0.717) is 5.41 Å². The van der Waals surface area contributed by atoms with Crippen LogP contribution in [0.5, 0.6) is 0 Å². The van der Waals surface area contributed by atoms with Gasteiger partial charge in [-0.25, -0.2) is 4.98 Å². The van der Waals surface area contributed by atoms with Crippen LogP contribution in [0.4, 0.5) is 11.6 Å². The summed E-state index contributed by atoms with van der Waals surface area (Å²) in [5.41, 5.74) is 0.348. The van der Waals surface area contributed by atoms with Crippen molar-refractivity contribution in [2.45, 2.75) is 27.2 Å². The van der Waals surface area contributed by atoms with Crippen LogP contribution in [0.25, 0.3) is 0 Å². The first-order valence-electron chi connectivity index (χ1n) is 5.25. The van der Waals surface area contributed by atoms with E-state index >= 15 is 0 Å². The molecular formula is C11H20N4. The van der Waals surface area contributed by atoms with E-state index in [2.05, 4.69) is 41.4 Å². The van der Waals surface area contributed by atoms with E-state index in [1.165, 1.54) is 0 Å². The molecule has 15 heavy (non-hydrogen) atoms. The lowest BCUT2D eigenvalue weighted by Gasteiger charge is -2.18. The van der Waals surface area contributed by atoms with Gasteiger partial charge in [0.1, 0.15) is 11.6 Å². The molecule has 0 radical (unpaired) electrons. The number of aromatic nitrogens is 2. The average molecular weight is 208 g/mol. The van der Waals surface area contributed by atoms with Crippen molar-refractivity contribution in [2.24, 2.45) is 5.41 Å². The monoisotopic (exact) mass is 208 g/mol. The highest BCUT2D eigenvalue weighted by molar-refractivity contribution is 5.40. The number of nitrogens with zero attached hydrogens (tertiary/aromatic N) is 2. The zero-order valence-corrected chi connectivity index (χ0v) is 9.96. The second kappa shape index (κ2) is 4.96. The molecule has 0 aliphatic rings. The maximum absolute atomic E-state index is 4.33. The average Bonchev–Trinajstić information content (AvgIpc) is 2.16. The Labute approximate surface area is 91.5 Å². The van der Waals surface area contributed by atoms with Crippen molar-refractivity contribution >= 4 is 11.6 Å². The molecule has 0 saturated carbocycles. The van der Waals surface area contributed by atoms with Gasteiger partial charge in [-0.1, -0.05) is 20.8 Å². The Morgan fingerprint density at radius 3 is 2.47 bits per heavy atom. The fourth-order valence-electron chi connectivity index (χ4n) is 1.14. The van der Waals surface area contributed by atoms with Gasteiger partial charge >= 0.3 is 0 Å². The van der Waals surface area contributed by atoms with Crippen molar-refractivity contribution < 1.29 is 0 Å². The number of hydrogen-bond acceptors (Lipinski definition) is 4. The maximum Gasteiger partial charge on any atom is 0.146 e. The predicted octanol–water partition coefficient (Wildman–Crippen LogP) is 2.37. The van der Waals surface area contributed by atoms with Crippen molar-refractivity contribution in [1.82, 2.24) is 9.97 Å². The fourth-order valence-corrected chi connectivity index (χ4v) is 1.14. The zero-order chi connectivity index (χ0) is 11.3. The molecule has 0 aliphatic heterocycles. The van der Waals surface area contributed by atoms with Crippen LogP contribution >= 0.6 is 0 Å². The Morgan fingerprint density at radius 2 is 1.87 bits per heavy atom. The molecule has 4 heteroatoms. The van der Waals surface area contributed by atoms with Crippen LogP contribution < -0.4 is 10.6 Å². The Hall–Kier alpha value is -1.32. The molecule has 0 amide bonds. The van der Waals surface area contributed by atoms with Gasteiger partial charge in [0.25, 0.3) is 0 Å². The smallest absolute Gasteiger partial charge is 0.146 e. The molecule has 0 spiro atoms. The Morgan fingerprint density at radius 1 is 1.20 bits per heavy atom. The van der Waals surface area contributed by atoms with Gasteiger partial charge in [-0.2, -0.15) is 0 Å². The van der Waals surface area contributed by atoms with Gasteiger partial charge in [0.05, 0.1) is 12.4 Å². The number of rotatable bonds is 4. The molecule has 1 aromatic heterocycles. The van der Waals surface area contributed by atoms with Gasteiger partial charge < -0.3 is 10.6 Å². The third-order valence-electron chi connectivity index (χ3n) is 2.07. The standard InChI is InChI=1S/C11H20N4/c1-11(2,3)5-6-14-10-8-13-7-9(12-4)15-10/h7-8H,5-6H2,1-4H3,(H2,12,14,15). The van der Waals surface area contributed by atoms with Gasteiger partial charge in [0.15, 0.2) is 0 Å². The fraction of sp³-hybridized carbons (Fsp3) is 0.636. The Balaban J connectivity index is 2.44. The van der Waals surface area contributed by atoms with Gasteiger partial charge in [-0.05, 0) is 11.8 Å². The molecule has 1 rings (SSSR count). The number of nitrogens with one attached hydrogen (secondary N) is 2. The van der Waals surface area contributed by atoms with Gasteiger partial charge in [0, 0.05) is 13.6 Å². The normalized spacial score (nSPS) is 11.2. The van der Waals surface area contributed by atoms with Crippen LogP contribution in [0.15, 0.2) is 12.4 Å². The largest absolute Gasteiger partial charge is 0.372 e.